The van der Waals surface area contributed by atoms with Crippen LogP contribution in [-0.2, 0) is 4.79 Å². The van der Waals surface area contributed by atoms with E-state index in [9.17, 15) is 4.79 Å². The average molecular weight is 447 g/mol. The molecule has 0 atom stereocenters. The number of rotatable bonds is 7. The summed E-state index contributed by atoms with van der Waals surface area (Å²) in [6.45, 7) is 6.05. The number of carbonyl (C=O) groups is 1. The molecular formula is C25H30N6O2. The SMILES string of the molecule is COc1ccc(NC(=O)CN2CCC(c3ccc(Nc4nc(C)cc(C)n4)cn3)CC2)cc1. The van der Waals surface area contributed by atoms with Crippen molar-refractivity contribution in [2.45, 2.75) is 32.6 Å². The smallest absolute Gasteiger partial charge is 0.238 e. The van der Waals surface area contributed by atoms with Crippen molar-refractivity contribution in [3.63, 3.8) is 0 Å². The maximum atomic E-state index is 12.4. The molecule has 1 fully saturated rings. The Kier molecular flexibility index (Phi) is 7.14. The quantitative estimate of drug-likeness (QED) is 0.565. The molecule has 0 aliphatic carbocycles. The van der Waals surface area contributed by atoms with E-state index in [2.05, 4.69) is 36.6 Å². The van der Waals surface area contributed by atoms with Crippen LogP contribution in [0.4, 0.5) is 17.3 Å². The number of amides is 1. The number of hydrogen-bond donors (Lipinski definition) is 2. The van der Waals surface area contributed by atoms with Crippen LogP contribution >= 0.6 is 0 Å². The lowest BCUT2D eigenvalue weighted by Gasteiger charge is -2.31. The number of anilines is 3. The van der Waals surface area contributed by atoms with Crippen molar-refractivity contribution in [2.75, 3.05) is 37.4 Å². The number of pyridine rings is 1. The van der Waals surface area contributed by atoms with Gasteiger partial charge in [-0.1, -0.05) is 0 Å². The summed E-state index contributed by atoms with van der Waals surface area (Å²) < 4.78 is 5.15. The van der Waals surface area contributed by atoms with Crippen molar-refractivity contribution in [3.8, 4) is 5.75 Å². The molecular weight excluding hydrogens is 416 g/mol. The fraction of sp³-hybridized carbons (Fsp3) is 0.360. The molecule has 1 aliphatic heterocycles. The van der Waals surface area contributed by atoms with Crippen LogP contribution in [0.15, 0.2) is 48.7 Å². The van der Waals surface area contributed by atoms with E-state index < -0.39 is 0 Å². The van der Waals surface area contributed by atoms with Crippen molar-refractivity contribution < 1.29 is 9.53 Å². The van der Waals surface area contributed by atoms with Gasteiger partial charge in [-0.15, -0.1) is 0 Å². The van der Waals surface area contributed by atoms with E-state index in [1.54, 1.807) is 7.11 Å². The van der Waals surface area contributed by atoms with Gasteiger partial charge in [-0.05, 0) is 82.2 Å². The monoisotopic (exact) mass is 446 g/mol. The van der Waals surface area contributed by atoms with Gasteiger partial charge in [0.05, 0.1) is 25.5 Å². The fourth-order valence-corrected chi connectivity index (χ4v) is 4.10. The molecule has 1 aliphatic rings. The van der Waals surface area contributed by atoms with Gasteiger partial charge >= 0.3 is 0 Å². The molecule has 1 saturated heterocycles. The van der Waals surface area contributed by atoms with Gasteiger partial charge in [0, 0.05) is 28.7 Å². The minimum atomic E-state index is 0.000716. The molecule has 0 radical (unpaired) electrons. The summed E-state index contributed by atoms with van der Waals surface area (Å²) in [6.07, 6.45) is 3.80. The third-order valence-electron chi connectivity index (χ3n) is 5.77. The summed E-state index contributed by atoms with van der Waals surface area (Å²) in [6, 6.07) is 13.4. The predicted molar refractivity (Wildman–Crippen MR) is 129 cm³/mol. The summed E-state index contributed by atoms with van der Waals surface area (Å²) in [7, 11) is 1.62. The Labute approximate surface area is 194 Å². The summed E-state index contributed by atoms with van der Waals surface area (Å²) >= 11 is 0. The van der Waals surface area contributed by atoms with E-state index in [1.807, 2.05) is 56.4 Å². The number of benzene rings is 1. The van der Waals surface area contributed by atoms with Gasteiger partial charge < -0.3 is 15.4 Å². The average Bonchev–Trinajstić information content (AvgIpc) is 2.80. The van der Waals surface area contributed by atoms with Crippen LogP contribution in [0.5, 0.6) is 5.75 Å². The number of hydrogen-bond acceptors (Lipinski definition) is 7. The molecule has 1 aromatic carbocycles. The Morgan fingerprint density at radius 3 is 2.30 bits per heavy atom. The summed E-state index contributed by atoms with van der Waals surface area (Å²) in [5.74, 6) is 1.76. The highest BCUT2D eigenvalue weighted by Crippen LogP contribution is 2.27. The Bertz CT molecular complexity index is 1060. The Hall–Kier alpha value is -3.52. The van der Waals surface area contributed by atoms with Gasteiger partial charge in [0.15, 0.2) is 0 Å². The topological polar surface area (TPSA) is 92.3 Å². The highest BCUT2D eigenvalue weighted by Gasteiger charge is 2.23. The van der Waals surface area contributed by atoms with E-state index in [4.69, 9.17) is 4.74 Å². The van der Waals surface area contributed by atoms with Crippen molar-refractivity contribution >= 4 is 23.2 Å². The second-order valence-electron chi connectivity index (χ2n) is 8.40. The number of carbonyl (C=O) groups excluding carboxylic acids is 1. The minimum Gasteiger partial charge on any atom is -0.497 e. The van der Waals surface area contributed by atoms with Gasteiger partial charge in [-0.3, -0.25) is 14.7 Å². The fourth-order valence-electron chi connectivity index (χ4n) is 4.10. The number of aromatic nitrogens is 3. The molecule has 0 saturated carbocycles. The molecule has 8 nitrogen and oxygen atoms in total. The van der Waals surface area contributed by atoms with Crippen LogP contribution in [-0.4, -0.2) is 52.5 Å². The summed E-state index contributed by atoms with van der Waals surface area (Å²) in [4.78, 5) is 28.1. The zero-order valence-electron chi connectivity index (χ0n) is 19.3. The molecule has 172 valence electrons. The van der Waals surface area contributed by atoms with Crippen molar-refractivity contribution in [1.29, 1.82) is 0 Å². The molecule has 2 N–H and O–H groups in total. The molecule has 0 unspecified atom stereocenters. The molecule has 0 spiro atoms. The van der Waals surface area contributed by atoms with E-state index in [-0.39, 0.29) is 5.91 Å². The third kappa shape index (κ3) is 6.26. The first-order chi connectivity index (χ1) is 16.0. The Morgan fingerprint density at radius 1 is 1.03 bits per heavy atom. The highest BCUT2D eigenvalue weighted by molar-refractivity contribution is 5.92. The number of nitrogens with zero attached hydrogens (tertiary/aromatic N) is 4. The van der Waals surface area contributed by atoms with Gasteiger partial charge in [0.2, 0.25) is 11.9 Å². The maximum absolute atomic E-state index is 12.4. The standard InChI is InChI=1S/C25H30N6O2/c1-17-14-18(2)28-25(27-17)30-21-6-9-23(26-15-21)19-10-12-31(13-11-19)16-24(32)29-20-4-7-22(33-3)8-5-20/h4-9,14-15,19H,10-13,16H2,1-3H3,(H,29,32)(H,27,28,30). The molecule has 0 bridgehead atoms. The van der Waals surface area contributed by atoms with Gasteiger partial charge in [-0.25, -0.2) is 9.97 Å². The first-order valence-corrected chi connectivity index (χ1v) is 11.2. The highest BCUT2D eigenvalue weighted by atomic mass is 16.5. The molecule has 4 rings (SSSR count). The van der Waals surface area contributed by atoms with Crippen LogP contribution in [0, 0.1) is 13.8 Å². The normalized spacial score (nSPS) is 14.6. The predicted octanol–water partition coefficient (Wildman–Crippen LogP) is 4.06. The first-order valence-electron chi connectivity index (χ1n) is 11.2. The Balaban J connectivity index is 1.25. The lowest BCUT2D eigenvalue weighted by molar-refractivity contribution is -0.117. The molecule has 1 amide bonds. The van der Waals surface area contributed by atoms with Crippen molar-refractivity contribution in [1.82, 2.24) is 19.9 Å². The van der Waals surface area contributed by atoms with Crippen LogP contribution in [0.2, 0.25) is 0 Å². The van der Waals surface area contributed by atoms with Crippen LogP contribution in [0.25, 0.3) is 0 Å². The zero-order chi connectivity index (χ0) is 23.2. The third-order valence-corrected chi connectivity index (χ3v) is 5.77. The van der Waals surface area contributed by atoms with E-state index in [0.717, 1.165) is 60.1 Å². The van der Waals surface area contributed by atoms with Gasteiger partial charge in [-0.2, -0.15) is 0 Å². The molecule has 3 aromatic rings. The first kappa shape index (κ1) is 22.7. The van der Waals surface area contributed by atoms with Crippen molar-refractivity contribution in [3.05, 3.63) is 65.7 Å². The molecule has 3 heterocycles. The largest absolute Gasteiger partial charge is 0.497 e. The number of nitrogens with one attached hydrogen (secondary N) is 2. The number of likely N-dealkylation sites (tertiary alicyclic amines) is 1. The molecule has 8 heteroatoms. The second kappa shape index (κ2) is 10.4. The molecule has 2 aromatic heterocycles. The number of methoxy groups -OCH3 is 1. The van der Waals surface area contributed by atoms with Crippen LogP contribution < -0.4 is 15.4 Å². The van der Waals surface area contributed by atoms with Crippen molar-refractivity contribution in [2.24, 2.45) is 0 Å². The minimum absolute atomic E-state index is 0.000716. The van der Waals surface area contributed by atoms with E-state index >= 15 is 0 Å². The van der Waals surface area contributed by atoms with E-state index in [1.165, 1.54) is 0 Å². The number of ether oxygens (including phenoxy) is 1. The lowest BCUT2D eigenvalue weighted by atomic mass is 9.93. The van der Waals surface area contributed by atoms with Gasteiger partial charge in [0.25, 0.3) is 0 Å². The summed E-state index contributed by atoms with van der Waals surface area (Å²) in [5, 5.41) is 6.18. The second-order valence-corrected chi connectivity index (χ2v) is 8.40. The Morgan fingerprint density at radius 2 is 1.70 bits per heavy atom. The lowest BCUT2D eigenvalue weighted by Crippen LogP contribution is -2.38. The van der Waals surface area contributed by atoms with Gasteiger partial charge in [0.1, 0.15) is 5.75 Å². The number of piperidine rings is 1. The van der Waals surface area contributed by atoms with Crippen LogP contribution in [0.1, 0.15) is 35.8 Å². The van der Waals surface area contributed by atoms with E-state index in [0.29, 0.717) is 18.4 Å². The zero-order valence-corrected chi connectivity index (χ0v) is 19.3. The maximum Gasteiger partial charge on any atom is 0.238 e. The molecule has 33 heavy (non-hydrogen) atoms. The number of aryl methyl sites for hydroxylation is 2. The van der Waals surface area contributed by atoms with Crippen LogP contribution in [0.3, 0.4) is 0 Å². The summed E-state index contributed by atoms with van der Waals surface area (Å²) in [5.41, 5.74) is 4.60.